The van der Waals surface area contributed by atoms with Crippen molar-refractivity contribution in [2.75, 3.05) is 13.2 Å². The van der Waals surface area contributed by atoms with E-state index in [1.165, 1.54) is 0 Å². The Morgan fingerprint density at radius 3 is 2.90 bits per heavy atom. The third kappa shape index (κ3) is 3.30. The Morgan fingerprint density at radius 1 is 1.52 bits per heavy atom. The summed E-state index contributed by atoms with van der Waals surface area (Å²) in [6.07, 6.45) is 4.32. The monoisotopic (exact) mass is 305 g/mol. The largest absolute Gasteiger partial charge is 0.490 e. The molecule has 1 aliphatic rings. The number of amides is 1. The molecule has 21 heavy (non-hydrogen) atoms. The van der Waals surface area contributed by atoms with E-state index in [1.807, 2.05) is 38.1 Å². The van der Waals surface area contributed by atoms with Gasteiger partial charge in [-0.15, -0.1) is 11.6 Å². The normalized spacial score (nSPS) is 18.4. The Bertz CT molecular complexity index is 580. The molecule has 4 heteroatoms. The smallest absolute Gasteiger partial charge is 0.245 e. The van der Waals surface area contributed by atoms with E-state index in [9.17, 15) is 4.79 Å². The van der Waals surface area contributed by atoms with E-state index < -0.39 is 5.38 Å². The molecule has 1 aliphatic heterocycles. The molecule has 0 aromatic heterocycles. The maximum Gasteiger partial charge on any atom is 0.245 e. The van der Waals surface area contributed by atoms with Crippen molar-refractivity contribution >= 4 is 23.2 Å². The molecule has 2 rings (SSSR count). The summed E-state index contributed by atoms with van der Waals surface area (Å²) in [4.78, 5) is 13.9. The zero-order valence-corrected chi connectivity index (χ0v) is 13.2. The lowest BCUT2D eigenvalue weighted by molar-refractivity contribution is -0.127. The molecule has 1 aromatic carbocycles. The van der Waals surface area contributed by atoms with Gasteiger partial charge < -0.3 is 9.64 Å². The van der Waals surface area contributed by atoms with Crippen LogP contribution in [0.25, 0.3) is 5.70 Å². The Morgan fingerprint density at radius 2 is 2.29 bits per heavy atom. The van der Waals surface area contributed by atoms with Crippen LogP contribution >= 0.6 is 11.6 Å². The van der Waals surface area contributed by atoms with Crippen molar-refractivity contribution in [3.8, 4) is 5.75 Å². The molecule has 112 valence electrons. The average Bonchev–Trinajstić information content (AvgIpc) is 2.48. The molecule has 0 fully saturated rings. The second-order valence-electron chi connectivity index (χ2n) is 4.95. The number of carbonyl (C=O) groups is 1. The SMILES string of the molecule is C=CCOc1ccc(C2=CCC(Cl)C(=O)N2CC)c(C)c1. The molecule has 0 aliphatic carbocycles. The van der Waals surface area contributed by atoms with Crippen molar-refractivity contribution in [2.45, 2.75) is 25.6 Å². The first kappa shape index (κ1) is 15.6. The summed E-state index contributed by atoms with van der Waals surface area (Å²) in [6.45, 7) is 8.70. The standard InChI is InChI=1S/C17H20ClNO2/c1-4-10-21-13-6-7-14(12(3)11-13)16-9-8-15(18)17(20)19(16)5-2/h4,6-7,9,11,15H,1,5,8,10H2,2-3H3. The number of hydrogen-bond donors (Lipinski definition) is 0. The van der Waals surface area contributed by atoms with Gasteiger partial charge in [0.15, 0.2) is 0 Å². The lowest BCUT2D eigenvalue weighted by Gasteiger charge is -2.31. The predicted molar refractivity (Wildman–Crippen MR) is 86.5 cm³/mol. The molecule has 0 spiro atoms. The van der Waals surface area contributed by atoms with Gasteiger partial charge in [0, 0.05) is 17.8 Å². The molecule has 1 unspecified atom stereocenters. The molecule has 0 saturated carbocycles. The third-order valence-electron chi connectivity index (χ3n) is 3.50. The fraction of sp³-hybridized carbons (Fsp3) is 0.353. The Labute approximate surface area is 130 Å². The van der Waals surface area contributed by atoms with Gasteiger partial charge in [-0.2, -0.15) is 0 Å². The molecule has 1 atom stereocenters. The van der Waals surface area contributed by atoms with Crippen LogP contribution in [-0.4, -0.2) is 29.3 Å². The Balaban J connectivity index is 2.32. The number of rotatable bonds is 5. The second kappa shape index (κ2) is 6.81. The molecule has 1 heterocycles. The number of aryl methyl sites for hydroxylation is 1. The van der Waals surface area contributed by atoms with E-state index in [0.717, 1.165) is 22.6 Å². The first-order valence-electron chi connectivity index (χ1n) is 7.08. The van der Waals surface area contributed by atoms with Gasteiger partial charge in [-0.1, -0.05) is 18.7 Å². The molecule has 0 saturated heterocycles. The van der Waals surface area contributed by atoms with Crippen molar-refractivity contribution in [1.82, 2.24) is 4.90 Å². The van der Waals surface area contributed by atoms with E-state index in [-0.39, 0.29) is 5.91 Å². The van der Waals surface area contributed by atoms with Gasteiger partial charge in [-0.25, -0.2) is 0 Å². The van der Waals surface area contributed by atoms with E-state index in [2.05, 4.69) is 6.58 Å². The molecule has 1 aromatic rings. The number of alkyl halides is 1. The molecule has 1 amide bonds. The van der Waals surface area contributed by atoms with Crippen LogP contribution in [0.1, 0.15) is 24.5 Å². The van der Waals surface area contributed by atoms with Crippen molar-refractivity contribution in [3.63, 3.8) is 0 Å². The van der Waals surface area contributed by atoms with Crippen LogP contribution in [0.15, 0.2) is 36.9 Å². The minimum Gasteiger partial charge on any atom is -0.490 e. The van der Waals surface area contributed by atoms with E-state index in [0.29, 0.717) is 19.6 Å². The lowest BCUT2D eigenvalue weighted by atomic mass is 10.00. The van der Waals surface area contributed by atoms with Gasteiger partial charge in [0.2, 0.25) is 5.91 Å². The van der Waals surface area contributed by atoms with Gasteiger partial charge in [-0.05, 0) is 44.0 Å². The molecular weight excluding hydrogens is 286 g/mol. The van der Waals surface area contributed by atoms with Crippen LogP contribution in [-0.2, 0) is 4.79 Å². The van der Waals surface area contributed by atoms with Gasteiger partial charge >= 0.3 is 0 Å². The summed E-state index contributed by atoms with van der Waals surface area (Å²) in [6, 6.07) is 5.88. The zero-order valence-electron chi connectivity index (χ0n) is 12.4. The number of carbonyl (C=O) groups excluding carboxylic acids is 1. The van der Waals surface area contributed by atoms with Crippen LogP contribution < -0.4 is 4.74 Å². The Hall–Kier alpha value is -1.74. The van der Waals surface area contributed by atoms with Crippen molar-refractivity contribution in [1.29, 1.82) is 0 Å². The summed E-state index contributed by atoms with van der Waals surface area (Å²) >= 11 is 6.05. The minimum atomic E-state index is -0.454. The van der Waals surface area contributed by atoms with Crippen LogP contribution in [0.2, 0.25) is 0 Å². The summed E-state index contributed by atoms with van der Waals surface area (Å²) < 4.78 is 5.53. The number of hydrogen-bond acceptors (Lipinski definition) is 2. The van der Waals surface area contributed by atoms with Crippen LogP contribution in [0.5, 0.6) is 5.75 Å². The van der Waals surface area contributed by atoms with Gasteiger partial charge in [-0.3, -0.25) is 4.79 Å². The molecule has 0 radical (unpaired) electrons. The quantitative estimate of drug-likeness (QED) is 0.612. The third-order valence-corrected chi connectivity index (χ3v) is 3.87. The lowest BCUT2D eigenvalue weighted by Crippen LogP contribution is -2.38. The highest BCUT2D eigenvalue weighted by molar-refractivity contribution is 6.31. The fourth-order valence-corrected chi connectivity index (χ4v) is 2.67. The number of benzene rings is 1. The summed E-state index contributed by atoms with van der Waals surface area (Å²) in [5.41, 5.74) is 3.05. The van der Waals surface area contributed by atoms with Crippen LogP contribution in [0, 0.1) is 6.92 Å². The first-order chi connectivity index (χ1) is 10.1. The number of ether oxygens (including phenoxy) is 1. The van der Waals surface area contributed by atoms with Gasteiger partial charge in [0.05, 0.1) is 0 Å². The van der Waals surface area contributed by atoms with E-state index in [1.54, 1.807) is 11.0 Å². The average molecular weight is 306 g/mol. The summed E-state index contributed by atoms with van der Waals surface area (Å²) in [7, 11) is 0. The number of nitrogens with zero attached hydrogens (tertiary/aromatic N) is 1. The van der Waals surface area contributed by atoms with Crippen molar-refractivity contribution < 1.29 is 9.53 Å². The maximum absolute atomic E-state index is 12.2. The molecule has 0 bridgehead atoms. The summed E-state index contributed by atoms with van der Waals surface area (Å²) in [5, 5.41) is -0.454. The first-order valence-corrected chi connectivity index (χ1v) is 7.52. The van der Waals surface area contributed by atoms with Crippen molar-refractivity contribution in [3.05, 3.63) is 48.1 Å². The number of halogens is 1. The molecular formula is C17H20ClNO2. The van der Waals surface area contributed by atoms with Crippen LogP contribution in [0.4, 0.5) is 0 Å². The van der Waals surface area contributed by atoms with Crippen molar-refractivity contribution in [2.24, 2.45) is 0 Å². The predicted octanol–water partition coefficient (Wildman–Crippen LogP) is 3.76. The molecule has 0 N–H and O–H groups in total. The Kier molecular flexibility index (Phi) is 5.07. The fourth-order valence-electron chi connectivity index (χ4n) is 2.46. The topological polar surface area (TPSA) is 29.5 Å². The minimum absolute atomic E-state index is 0.0250. The highest BCUT2D eigenvalue weighted by Crippen LogP contribution is 2.31. The van der Waals surface area contributed by atoms with E-state index >= 15 is 0 Å². The zero-order chi connectivity index (χ0) is 15.4. The second-order valence-corrected chi connectivity index (χ2v) is 5.48. The van der Waals surface area contributed by atoms with E-state index in [4.69, 9.17) is 16.3 Å². The number of allylic oxidation sites excluding steroid dienone is 1. The highest BCUT2D eigenvalue weighted by Gasteiger charge is 2.29. The van der Waals surface area contributed by atoms with Gasteiger partial charge in [0.25, 0.3) is 0 Å². The molecule has 3 nitrogen and oxygen atoms in total. The summed E-state index contributed by atoms with van der Waals surface area (Å²) in [5.74, 6) is 0.778. The van der Waals surface area contributed by atoms with Crippen LogP contribution in [0.3, 0.4) is 0 Å². The highest BCUT2D eigenvalue weighted by atomic mass is 35.5. The van der Waals surface area contributed by atoms with Gasteiger partial charge in [0.1, 0.15) is 17.7 Å². The maximum atomic E-state index is 12.2.